The molecule has 0 unspecified atom stereocenters. The van der Waals surface area contributed by atoms with Crippen molar-refractivity contribution in [1.82, 2.24) is 5.32 Å². The van der Waals surface area contributed by atoms with Crippen LogP contribution in [0.1, 0.15) is 36.1 Å². The number of carbonyl (C=O) groups excluding carboxylic acids is 2. The molecule has 0 aliphatic heterocycles. The molecule has 0 atom stereocenters. The van der Waals surface area contributed by atoms with Crippen molar-refractivity contribution in [3.05, 3.63) is 52.2 Å². The first kappa shape index (κ1) is 20.4. The number of amides is 2. The molecule has 28 heavy (non-hydrogen) atoms. The van der Waals surface area contributed by atoms with Crippen molar-refractivity contribution in [2.45, 2.75) is 43.7 Å². The zero-order valence-corrected chi connectivity index (χ0v) is 16.0. The lowest BCUT2D eigenvalue weighted by Crippen LogP contribution is -2.37. The van der Waals surface area contributed by atoms with Gasteiger partial charge in [-0.15, -0.1) is 11.3 Å². The molecule has 8 heteroatoms. The van der Waals surface area contributed by atoms with E-state index in [1.165, 1.54) is 0 Å². The second kappa shape index (κ2) is 8.34. The highest BCUT2D eigenvalue weighted by Crippen LogP contribution is 2.43. The minimum absolute atomic E-state index is 0.0388. The molecule has 0 saturated heterocycles. The predicted molar refractivity (Wildman–Crippen MR) is 102 cm³/mol. The number of benzene rings is 1. The van der Waals surface area contributed by atoms with E-state index in [1.807, 2.05) is 22.8 Å². The van der Waals surface area contributed by atoms with E-state index in [0.717, 1.165) is 30.6 Å². The molecule has 3 rings (SSSR count). The number of hydrogen-bond acceptors (Lipinski definition) is 3. The van der Waals surface area contributed by atoms with E-state index in [-0.39, 0.29) is 12.3 Å². The van der Waals surface area contributed by atoms with Crippen LogP contribution in [0.15, 0.2) is 41.8 Å². The van der Waals surface area contributed by atoms with Crippen molar-refractivity contribution in [3.63, 3.8) is 0 Å². The summed E-state index contributed by atoms with van der Waals surface area (Å²) in [5, 5.41) is 6.77. The van der Waals surface area contributed by atoms with Gasteiger partial charge in [0.2, 0.25) is 11.8 Å². The van der Waals surface area contributed by atoms with Gasteiger partial charge < -0.3 is 10.6 Å². The van der Waals surface area contributed by atoms with Gasteiger partial charge in [-0.25, -0.2) is 0 Å². The Morgan fingerprint density at radius 1 is 1.07 bits per heavy atom. The third-order valence-electron chi connectivity index (χ3n) is 4.95. The van der Waals surface area contributed by atoms with E-state index in [0.29, 0.717) is 11.3 Å². The maximum atomic E-state index is 13.0. The van der Waals surface area contributed by atoms with E-state index in [1.54, 1.807) is 35.6 Å². The van der Waals surface area contributed by atoms with E-state index in [4.69, 9.17) is 0 Å². The molecule has 1 saturated carbocycles. The summed E-state index contributed by atoms with van der Waals surface area (Å²) in [6.45, 7) is -1.34. The molecular formula is C20H21F3N2O2S. The van der Waals surface area contributed by atoms with Crippen molar-refractivity contribution in [2.24, 2.45) is 0 Å². The maximum absolute atomic E-state index is 13.0. The summed E-state index contributed by atoms with van der Waals surface area (Å²) in [6.07, 6.45) is -0.922. The molecule has 1 aliphatic carbocycles. The van der Waals surface area contributed by atoms with Gasteiger partial charge in [0.1, 0.15) is 6.54 Å². The van der Waals surface area contributed by atoms with Crippen LogP contribution in [0.25, 0.3) is 0 Å². The molecule has 0 spiro atoms. The molecule has 1 aromatic carbocycles. The second-order valence-corrected chi connectivity index (χ2v) is 7.93. The van der Waals surface area contributed by atoms with Gasteiger partial charge in [0, 0.05) is 10.6 Å². The summed E-state index contributed by atoms with van der Waals surface area (Å²) in [6, 6.07) is 10.6. The Hall–Kier alpha value is -2.35. The Balaban J connectivity index is 1.61. The van der Waals surface area contributed by atoms with E-state index in [9.17, 15) is 22.8 Å². The Labute approximate surface area is 165 Å². The molecule has 150 valence electrons. The van der Waals surface area contributed by atoms with E-state index < -0.39 is 24.0 Å². The topological polar surface area (TPSA) is 58.2 Å². The number of anilines is 1. The molecule has 1 heterocycles. The summed E-state index contributed by atoms with van der Waals surface area (Å²) in [5.41, 5.74) is 0.684. The van der Waals surface area contributed by atoms with Gasteiger partial charge in [-0.1, -0.05) is 31.0 Å². The SMILES string of the molecule is O=C(Cc1ccc(NC(=O)C2(c3cccs3)CCCC2)cc1)NCC(F)(F)F. The molecule has 1 fully saturated rings. The summed E-state index contributed by atoms with van der Waals surface area (Å²) in [7, 11) is 0. The molecule has 0 bridgehead atoms. The Morgan fingerprint density at radius 3 is 2.32 bits per heavy atom. The Bertz CT molecular complexity index is 811. The van der Waals surface area contributed by atoms with Gasteiger partial charge in [0.05, 0.1) is 11.8 Å². The van der Waals surface area contributed by atoms with Crippen LogP contribution in [0, 0.1) is 0 Å². The fraction of sp³-hybridized carbons (Fsp3) is 0.400. The lowest BCUT2D eigenvalue weighted by molar-refractivity contribution is -0.138. The quantitative estimate of drug-likeness (QED) is 0.741. The number of hydrogen-bond donors (Lipinski definition) is 2. The molecular weight excluding hydrogens is 389 g/mol. The van der Waals surface area contributed by atoms with Gasteiger partial charge in [0.25, 0.3) is 0 Å². The van der Waals surface area contributed by atoms with E-state index >= 15 is 0 Å². The third kappa shape index (κ3) is 4.92. The van der Waals surface area contributed by atoms with Crippen LogP contribution in [-0.2, 0) is 21.4 Å². The third-order valence-corrected chi connectivity index (χ3v) is 6.02. The lowest BCUT2D eigenvalue weighted by atomic mass is 9.83. The van der Waals surface area contributed by atoms with Crippen LogP contribution in [-0.4, -0.2) is 24.5 Å². The number of thiophene rings is 1. The van der Waals surface area contributed by atoms with Crippen molar-refractivity contribution in [2.75, 3.05) is 11.9 Å². The number of alkyl halides is 3. The first-order chi connectivity index (χ1) is 13.3. The first-order valence-electron chi connectivity index (χ1n) is 9.06. The smallest absolute Gasteiger partial charge is 0.347 e. The molecule has 0 radical (unpaired) electrons. The molecule has 2 N–H and O–H groups in total. The minimum Gasteiger partial charge on any atom is -0.347 e. The van der Waals surface area contributed by atoms with Crippen LogP contribution in [0.5, 0.6) is 0 Å². The normalized spacial score (nSPS) is 16.0. The maximum Gasteiger partial charge on any atom is 0.405 e. The van der Waals surface area contributed by atoms with Crippen LogP contribution in [0.3, 0.4) is 0 Å². The fourth-order valence-corrected chi connectivity index (χ4v) is 4.50. The summed E-state index contributed by atoms with van der Waals surface area (Å²) in [4.78, 5) is 25.7. The van der Waals surface area contributed by atoms with Crippen LogP contribution >= 0.6 is 11.3 Å². The van der Waals surface area contributed by atoms with Crippen LogP contribution in [0.2, 0.25) is 0 Å². The van der Waals surface area contributed by atoms with Gasteiger partial charge in [-0.05, 0) is 42.0 Å². The number of halogens is 3. The van der Waals surface area contributed by atoms with Gasteiger partial charge in [-0.2, -0.15) is 13.2 Å². The number of nitrogens with one attached hydrogen (secondary N) is 2. The van der Waals surface area contributed by atoms with E-state index in [2.05, 4.69) is 5.32 Å². The summed E-state index contributed by atoms with van der Waals surface area (Å²) < 4.78 is 36.4. The molecule has 1 aromatic heterocycles. The zero-order valence-electron chi connectivity index (χ0n) is 15.1. The van der Waals surface area contributed by atoms with Crippen LogP contribution in [0.4, 0.5) is 18.9 Å². The predicted octanol–water partition coefficient (Wildman–Crippen LogP) is 4.42. The summed E-state index contributed by atoms with van der Waals surface area (Å²) >= 11 is 1.59. The Kier molecular flexibility index (Phi) is 6.07. The number of carbonyl (C=O) groups is 2. The second-order valence-electron chi connectivity index (χ2n) is 6.99. The zero-order chi connectivity index (χ0) is 20.2. The molecule has 4 nitrogen and oxygen atoms in total. The minimum atomic E-state index is -4.43. The Morgan fingerprint density at radius 2 is 1.75 bits per heavy atom. The van der Waals surface area contributed by atoms with Gasteiger partial charge in [-0.3, -0.25) is 9.59 Å². The molecule has 2 aromatic rings. The van der Waals surface area contributed by atoms with Crippen molar-refractivity contribution < 1.29 is 22.8 Å². The highest BCUT2D eigenvalue weighted by molar-refractivity contribution is 7.10. The first-order valence-corrected chi connectivity index (χ1v) is 9.94. The summed E-state index contributed by atoms with van der Waals surface area (Å²) in [5.74, 6) is -0.736. The van der Waals surface area contributed by atoms with Crippen molar-refractivity contribution in [3.8, 4) is 0 Å². The number of rotatable bonds is 6. The highest BCUT2D eigenvalue weighted by Gasteiger charge is 2.43. The average molecular weight is 410 g/mol. The fourth-order valence-electron chi connectivity index (χ4n) is 3.52. The van der Waals surface area contributed by atoms with Crippen molar-refractivity contribution in [1.29, 1.82) is 0 Å². The highest BCUT2D eigenvalue weighted by atomic mass is 32.1. The monoisotopic (exact) mass is 410 g/mol. The van der Waals surface area contributed by atoms with Gasteiger partial charge >= 0.3 is 6.18 Å². The largest absolute Gasteiger partial charge is 0.405 e. The molecule has 1 aliphatic rings. The lowest BCUT2D eigenvalue weighted by Gasteiger charge is -2.26. The van der Waals surface area contributed by atoms with Crippen LogP contribution < -0.4 is 10.6 Å². The van der Waals surface area contributed by atoms with Gasteiger partial charge in [0.15, 0.2) is 0 Å². The molecule has 2 amide bonds. The average Bonchev–Trinajstić information content (AvgIpc) is 3.33. The van der Waals surface area contributed by atoms with Crippen molar-refractivity contribution >= 4 is 28.8 Å². The standard InChI is InChI=1S/C20H21F3N2O2S/c21-20(22,23)13-24-17(26)12-14-5-7-15(8-6-14)25-18(27)19(9-1-2-10-19)16-4-3-11-28-16/h3-8,11H,1-2,9-10,12-13H2,(H,24,26)(H,25,27).